The molecule has 0 aromatic heterocycles. The van der Waals surface area contributed by atoms with Gasteiger partial charge in [-0.05, 0) is 18.8 Å². The van der Waals surface area contributed by atoms with Crippen LogP contribution in [0.3, 0.4) is 0 Å². The zero-order chi connectivity index (χ0) is 15.7. The van der Waals surface area contributed by atoms with E-state index < -0.39 is 11.6 Å². The predicted molar refractivity (Wildman–Crippen MR) is 77.0 cm³/mol. The average molecular weight is 310 g/mol. The van der Waals surface area contributed by atoms with E-state index in [2.05, 4.69) is 27.7 Å². The molecule has 0 N–H and O–H groups in total. The first-order valence-electron chi connectivity index (χ1n) is 8.50. The molecule has 0 aromatic carbocycles. The van der Waals surface area contributed by atoms with E-state index in [1.54, 1.807) is 7.11 Å². The summed E-state index contributed by atoms with van der Waals surface area (Å²) in [6.45, 7) is 10.9. The standard InChI is InChI=1S/C17H26O5/c1-7-8(2)12-15(3)9(10(7)19-12)11-13-16(4,14(15)20-11)22-17(5,18-6)21-13/h7-14H,1-6H3. The van der Waals surface area contributed by atoms with Gasteiger partial charge in [0.15, 0.2) is 0 Å². The molecule has 0 radical (unpaired) electrons. The summed E-state index contributed by atoms with van der Waals surface area (Å²) in [4.78, 5) is 0. The third-order valence-corrected chi connectivity index (χ3v) is 7.53. The molecule has 11 unspecified atom stereocenters. The van der Waals surface area contributed by atoms with Crippen molar-refractivity contribution < 1.29 is 23.7 Å². The summed E-state index contributed by atoms with van der Waals surface area (Å²) in [6.07, 6.45) is 0.501. The van der Waals surface area contributed by atoms with E-state index in [1.165, 1.54) is 0 Å². The topological polar surface area (TPSA) is 46.2 Å². The van der Waals surface area contributed by atoms with Gasteiger partial charge in [0, 0.05) is 25.4 Å². The second-order valence-corrected chi connectivity index (χ2v) is 8.50. The second-order valence-electron chi connectivity index (χ2n) is 8.50. The van der Waals surface area contributed by atoms with Crippen molar-refractivity contribution in [1.29, 1.82) is 0 Å². The molecule has 5 fully saturated rings. The first kappa shape index (κ1) is 14.2. The van der Waals surface area contributed by atoms with Gasteiger partial charge in [-0.25, -0.2) is 0 Å². The molecule has 5 aliphatic heterocycles. The van der Waals surface area contributed by atoms with Crippen LogP contribution in [0.2, 0.25) is 0 Å². The number of rotatable bonds is 1. The molecular formula is C17H26O5. The van der Waals surface area contributed by atoms with Crippen molar-refractivity contribution in [2.24, 2.45) is 23.2 Å². The number of ether oxygens (including phenoxy) is 5. The number of hydrogen-bond acceptors (Lipinski definition) is 5. The van der Waals surface area contributed by atoms with Gasteiger partial charge in [0.2, 0.25) is 0 Å². The molecule has 5 nitrogen and oxygen atoms in total. The third-order valence-electron chi connectivity index (χ3n) is 7.53. The Bertz CT molecular complexity index is 539. The minimum absolute atomic E-state index is 0.00178. The maximum Gasteiger partial charge on any atom is 0.280 e. The zero-order valence-electron chi connectivity index (χ0n) is 14.2. The minimum Gasteiger partial charge on any atom is -0.373 e. The summed E-state index contributed by atoms with van der Waals surface area (Å²) in [6, 6.07) is 0. The fraction of sp³-hybridized carbons (Fsp3) is 1.00. The molecule has 0 aromatic rings. The lowest BCUT2D eigenvalue weighted by atomic mass is 9.52. The number of hydrogen-bond donors (Lipinski definition) is 0. The summed E-state index contributed by atoms with van der Waals surface area (Å²) < 4.78 is 30.7. The molecule has 22 heavy (non-hydrogen) atoms. The lowest BCUT2D eigenvalue weighted by molar-refractivity contribution is -0.340. The van der Waals surface area contributed by atoms with E-state index in [4.69, 9.17) is 23.7 Å². The Morgan fingerprint density at radius 3 is 2.32 bits per heavy atom. The van der Waals surface area contributed by atoms with Gasteiger partial charge < -0.3 is 23.7 Å². The predicted octanol–water partition coefficient (Wildman–Crippen LogP) is 1.94. The van der Waals surface area contributed by atoms with Crippen molar-refractivity contribution in [3.8, 4) is 0 Å². The molecule has 5 heterocycles. The van der Waals surface area contributed by atoms with Gasteiger partial charge in [-0.15, -0.1) is 0 Å². The number of methoxy groups -OCH3 is 1. The van der Waals surface area contributed by atoms with Crippen molar-refractivity contribution >= 4 is 0 Å². The van der Waals surface area contributed by atoms with Crippen LogP contribution in [0.1, 0.15) is 34.6 Å². The summed E-state index contributed by atoms with van der Waals surface area (Å²) in [5, 5.41) is 0. The summed E-state index contributed by atoms with van der Waals surface area (Å²) in [5.74, 6) is 0.571. The Morgan fingerprint density at radius 1 is 0.909 bits per heavy atom. The normalized spacial score (nSPS) is 71.2. The van der Waals surface area contributed by atoms with Crippen LogP contribution < -0.4 is 0 Å². The second kappa shape index (κ2) is 3.72. The highest BCUT2D eigenvalue weighted by atomic mass is 16.9. The summed E-state index contributed by atoms with van der Waals surface area (Å²) >= 11 is 0. The molecule has 5 aliphatic rings. The highest BCUT2D eigenvalue weighted by Gasteiger charge is 2.83. The van der Waals surface area contributed by atoms with Crippen molar-refractivity contribution in [2.45, 2.75) is 76.7 Å². The first-order chi connectivity index (χ1) is 10.3. The lowest BCUT2D eigenvalue weighted by Crippen LogP contribution is -2.63. The van der Waals surface area contributed by atoms with Crippen LogP contribution in [0.25, 0.3) is 0 Å². The van der Waals surface area contributed by atoms with E-state index in [-0.39, 0.29) is 35.9 Å². The van der Waals surface area contributed by atoms with Crippen LogP contribution in [-0.2, 0) is 23.7 Å². The van der Waals surface area contributed by atoms with Crippen LogP contribution in [0, 0.1) is 23.2 Å². The van der Waals surface area contributed by atoms with Gasteiger partial charge in [-0.2, -0.15) is 0 Å². The van der Waals surface area contributed by atoms with E-state index in [1.807, 2.05) is 6.92 Å². The van der Waals surface area contributed by atoms with E-state index in [0.717, 1.165) is 0 Å². The molecule has 5 heteroatoms. The Morgan fingerprint density at radius 2 is 1.64 bits per heavy atom. The Balaban J connectivity index is 1.59. The van der Waals surface area contributed by atoms with Crippen LogP contribution >= 0.6 is 0 Å². The summed E-state index contributed by atoms with van der Waals surface area (Å²) in [5.41, 5.74) is -0.452. The maximum absolute atomic E-state index is 6.44. The Kier molecular flexibility index (Phi) is 2.40. The SMILES string of the molecule is COC1(C)OC2C3OC(C2(C)O1)C1(C)C2OC(C(C)C2C)C31. The fourth-order valence-corrected chi connectivity index (χ4v) is 6.44. The van der Waals surface area contributed by atoms with Crippen molar-refractivity contribution in [3.05, 3.63) is 0 Å². The van der Waals surface area contributed by atoms with Crippen molar-refractivity contribution in [1.82, 2.24) is 0 Å². The van der Waals surface area contributed by atoms with Gasteiger partial charge in [-0.1, -0.05) is 20.8 Å². The molecule has 0 amide bonds. The van der Waals surface area contributed by atoms with Gasteiger partial charge >= 0.3 is 0 Å². The minimum atomic E-state index is -0.966. The van der Waals surface area contributed by atoms with E-state index >= 15 is 0 Å². The fourth-order valence-electron chi connectivity index (χ4n) is 6.44. The largest absolute Gasteiger partial charge is 0.373 e. The van der Waals surface area contributed by atoms with Gasteiger partial charge in [0.05, 0.1) is 24.4 Å². The zero-order valence-corrected chi connectivity index (χ0v) is 14.2. The van der Waals surface area contributed by atoms with Crippen LogP contribution in [0.4, 0.5) is 0 Å². The van der Waals surface area contributed by atoms with Crippen molar-refractivity contribution in [3.63, 3.8) is 0 Å². The van der Waals surface area contributed by atoms with Gasteiger partial charge in [0.1, 0.15) is 11.7 Å². The molecule has 4 bridgehead atoms. The van der Waals surface area contributed by atoms with Crippen LogP contribution in [0.15, 0.2) is 0 Å². The smallest absolute Gasteiger partial charge is 0.280 e. The maximum atomic E-state index is 6.44. The van der Waals surface area contributed by atoms with E-state index in [0.29, 0.717) is 17.8 Å². The molecule has 5 rings (SSSR count). The average Bonchev–Trinajstić information content (AvgIpc) is 3.14. The molecule has 5 saturated heterocycles. The monoisotopic (exact) mass is 310 g/mol. The molecular weight excluding hydrogens is 284 g/mol. The molecule has 11 atom stereocenters. The molecule has 0 saturated carbocycles. The third kappa shape index (κ3) is 1.22. The Labute approximate surface area is 131 Å². The number of fused-ring (bicyclic) bond motifs is 12. The van der Waals surface area contributed by atoms with E-state index in [9.17, 15) is 0 Å². The molecule has 0 aliphatic carbocycles. The molecule has 0 spiro atoms. The highest BCUT2D eigenvalue weighted by molar-refractivity contribution is 5.28. The van der Waals surface area contributed by atoms with Crippen LogP contribution in [0.5, 0.6) is 0 Å². The highest BCUT2D eigenvalue weighted by Crippen LogP contribution is 2.71. The van der Waals surface area contributed by atoms with Crippen LogP contribution in [-0.4, -0.2) is 49.2 Å². The lowest BCUT2D eigenvalue weighted by Gasteiger charge is -2.49. The van der Waals surface area contributed by atoms with Crippen molar-refractivity contribution in [2.75, 3.05) is 7.11 Å². The quantitative estimate of drug-likeness (QED) is 0.741. The Hall–Kier alpha value is -0.200. The first-order valence-corrected chi connectivity index (χ1v) is 8.50. The van der Waals surface area contributed by atoms with Gasteiger partial charge in [-0.3, -0.25) is 0 Å². The molecule has 124 valence electrons. The van der Waals surface area contributed by atoms with Gasteiger partial charge in [0.25, 0.3) is 5.97 Å². The summed E-state index contributed by atoms with van der Waals surface area (Å²) in [7, 11) is 1.63.